The van der Waals surface area contributed by atoms with Crippen LogP contribution in [0.5, 0.6) is 0 Å². The Morgan fingerprint density at radius 2 is 1.87 bits per heavy atom. The third-order valence-electron chi connectivity index (χ3n) is 1.76. The Balaban J connectivity index is 2.71. The first-order valence-electron chi connectivity index (χ1n) is 4.64. The molecule has 1 rings (SSSR count). The Labute approximate surface area is 97.2 Å². The standard InChI is InChI=1S/C11H13BrO3/c1-7(2)15-11(14)10(13)8-3-5-9(12)6-4-8/h3-7,10,13H,1-2H3/t10-/m1/s1. The van der Waals surface area contributed by atoms with Crippen LogP contribution in [-0.2, 0) is 9.53 Å². The average Bonchev–Trinajstić information content (AvgIpc) is 2.17. The van der Waals surface area contributed by atoms with Gasteiger partial charge >= 0.3 is 5.97 Å². The zero-order valence-electron chi connectivity index (χ0n) is 8.61. The van der Waals surface area contributed by atoms with Gasteiger partial charge in [0.2, 0.25) is 0 Å². The molecule has 0 fully saturated rings. The molecule has 0 spiro atoms. The topological polar surface area (TPSA) is 46.5 Å². The van der Waals surface area contributed by atoms with Crippen LogP contribution in [0, 0.1) is 0 Å². The Kier molecular flexibility index (Phi) is 4.29. The summed E-state index contributed by atoms with van der Waals surface area (Å²) in [5, 5.41) is 9.64. The number of hydrogen-bond acceptors (Lipinski definition) is 3. The van der Waals surface area contributed by atoms with Gasteiger partial charge in [0.25, 0.3) is 0 Å². The fourth-order valence-electron chi connectivity index (χ4n) is 1.08. The molecule has 1 aromatic carbocycles. The van der Waals surface area contributed by atoms with Crippen molar-refractivity contribution in [2.24, 2.45) is 0 Å². The van der Waals surface area contributed by atoms with Crippen LogP contribution in [0.1, 0.15) is 25.5 Å². The minimum Gasteiger partial charge on any atom is -0.461 e. The molecule has 0 heterocycles. The molecule has 4 heteroatoms. The maximum atomic E-state index is 11.4. The molecule has 0 unspecified atom stereocenters. The van der Waals surface area contributed by atoms with Crippen molar-refractivity contribution in [3.8, 4) is 0 Å². The van der Waals surface area contributed by atoms with Crippen molar-refractivity contribution >= 4 is 21.9 Å². The molecule has 0 aliphatic carbocycles. The molecule has 1 aromatic rings. The van der Waals surface area contributed by atoms with Crippen LogP contribution in [0.15, 0.2) is 28.7 Å². The van der Waals surface area contributed by atoms with E-state index in [0.29, 0.717) is 5.56 Å². The largest absolute Gasteiger partial charge is 0.461 e. The van der Waals surface area contributed by atoms with E-state index in [4.69, 9.17) is 4.74 Å². The summed E-state index contributed by atoms with van der Waals surface area (Å²) in [5.41, 5.74) is 0.531. The van der Waals surface area contributed by atoms with Crippen molar-refractivity contribution < 1.29 is 14.6 Å². The molecule has 0 saturated carbocycles. The van der Waals surface area contributed by atoms with Gasteiger partial charge in [0.05, 0.1) is 6.10 Å². The van der Waals surface area contributed by atoms with Crippen molar-refractivity contribution in [1.82, 2.24) is 0 Å². The molecule has 0 saturated heterocycles. The lowest BCUT2D eigenvalue weighted by Crippen LogP contribution is -2.19. The predicted octanol–water partition coefficient (Wildman–Crippen LogP) is 2.43. The number of aliphatic hydroxyl groups is 1. The molecule has 82 valence electrons. The molecule has 0 aliphatic rings. The van der Waals surface area contributed by atoms with E-state index in [9.17, 15) is 9.90 Å². The maximum absolute atomic E-state index is 11.4. The number of carbonyl (C=O) groups excluding carboxylic acids is 1. The second-order valence-electron chi connectivity index (χ2n) is 3.44. The number of halogens is 1. The minimum atomic E-state index is -1.21. The molecular formula is C11H13BrO3. The first-order chi connectivity index (χ1) is 7.00. The molecular weight excluding hydrogens is 260 g/mol. The first kappa shape index (κ1) is 12.2. The molecule has 0 aliphatic heterocycles. The van der Waals surface area contributed by atoms with E-state index in [2.05, 4.69) is 15.9 Å². The van der Waals surface area contributed by atoms with Crippen LogP contribution >= 0.6 is 15.9 Å². The fourth-order valence-corrected chi connectivity index (χ4v) is 1.34. The molecule has 0 bridgehead atoms. The van der Waals surface area contributed by atoms with Gasteiger partial charge in [0, 0.05) is 4.47 Å². The van der Waals surface area contributed by atoms with Crippen molar-refractivity contribution in [2.45, 2.75) is 26.1 Å². The zero-order valence-corrected chi connectivity index (χ0v) is 10.2. The van der Waals surface area contributed by atoms with Crippen molar-refractivity contribution in [2.75, 3.05) is 0 Å². The molecule has 1 atom stereocenters. The van der Waals surface area contributed by atoms with Crippen molar-refractivity contribution in [3.63, 3.8) is 0 Å². The number of rotatable bonds is 3. The molecule has 1 N–H and O–H groups in total. The van der Waals surface area contributed by atoms with Gasteiger partial charge in [-0.2, -0.15) is 0 Å². The van der Waals surface area contributed by atoms with Gasteiger partial charge in [-0.3, -0.25) is 0 Å². The van der Waals surface area contributed by atoms with Crippen LogP contribution in [0.3, 0.4) is 0 Å². The highest BCUT2D eigenvalue weighted by atomic mass is 79.9. The van der Waals surface area contributed by atoms with Crippen LogP contribution in [0.25, 0.3) is 0 Å². The normalized spacial score (nSPS) is 12.6. The summed E-state index contributed by atoms with van der Waals surface area (Å²) < 4.78 is 5.79. The van der Waals surface area contributed by atoms with Crippen LogP contribution in [0.4, 0.5) is 0 Å². The number of carbonyl (C=O) groups is 1. The Morgan fingerprint density at radius 3 is 2.33 bits per heavy atom. The van der Waals surface area contributed by atoms with Gasteiger partial charge < -0.3 is 9.84 Å². The lowest BCUT2D eigenvalue weighted by atomic mass is 10.1. The first-order valence-corrected chi connectivity index (χ1v) is 5.44. The second-order valence-corrected chi connectivity index (χ2v) is 4.36. The average molecular weight is 273 g/mol. The SMILES string of the molecule is CC(C)OC(=O)[C@H](O)c1ccc(Br)cc1. The lowest BCUT2D eigenvalue weighted by molar-refractivity contribution is -0.157. The summed E-state index contributed by atoms with van der Waals surface area (Å²) in [4.78, 5) is 11.4. The predicted molar refractivity (Wildman–Crippen MR) is 60.3 cm³/mol. The van der Waals surface area contributed by atoms with Crippen LogP contribution < -0.4 is 0 Å². The summed E-state index contributed by atoms with van der Waals surface area (Å²) in [7, 11) is 0. The summed E-state index contributed by atoms with van der Waals surface area (Å²) >= 11 is 3.27. The molecule has 15 heavy (non-hydrogen) atoms. The molecule has 3 nitrogen and oxygen atoms in total. The van der Waals surface area contributed by atoms with E-state index in [0.717, 1.165) is 4.47 Å². The summed E-state index contributed by atoms with van der Waals surface area (Å²) in [6, 6.07) is 6.88. The van der Waals surface area contributed by atoms with E-state index < -0.39 is 12.1 Å². The highest BCUT2D eigenvalue weighted by Crippen LogP contribution is 2.18. The highest BCUT2D eigenvalue weighted by molar-refractivity contribution is 9.10. The minimum absolute atomic E-state index is 0.220. The zero-order chi connectivity index (χ0) is 11.4. The number of aliphatic hydroxyl groups excluding tert-OH is 1. The van der Waals surface area contributed by atoms with Gasteiger partial charge in [0.15, 0.2) is 6.10 Å². The number of hydrogen-bond donors (Lipinski definition) is 1. The van der Waals surface area contributed by atoms with Crippen molar-refractivity contribution in [3.05, 3.63) is 34.3 Å². The van der Waals surface area contributed by atoms with E-state index in [1.54, 1.807) is 38.1 Å². The highest BCUT2D eigenvalue weighted by Gasteiger charge is 2.19. The van der Waals surface area contributed by atoms with E-state index in [1.807, 2.05) is 0 Å². The number of ether oxygens (including phenoxy) is 1. The quantitative estimate of drug-likeness (QED) is 0.860. The summed E-state index contributed by atoms with van der Waals surface area (Å²) in [6.45, 7) is 3.48. The monoisotopic (exact) mass is 272 g/mol. The summed E-state index contributed by atoms with van der Waals surface area (Å²) in [5.74, 6) is -0.618. The molecule has 0 amide bonds. The third-order valence-corrected chi connectivity index (χ3v) is 2.29. The third kappa shape index (κ3) is 3.64. The Morgan fingerprint density at radius 1 is 1.33 bits per heavy atom. The van der Waals surface area contributed by atoms with Gasteiger partial charge in [-0.15, -0.1) is 0 Å². The second kappa shape index (κ2) is 5.28. The number of benzene rings is 1. The molecule has 0 aromatic heterocycles. The van der Waals surface area contributed by atoms with Gasteiger partial charge in [-0.05, 0) is 31.5 Å². The van der Waals surface area contributed by atoms with E-state index in [-0.39, 0.29) is 6.10 Å². The fraction of sp³-hybridized carbons (Fsp3) is 0.364. The van der Waals surface area contributed by atoms with E-state index >= 15 is 0 Å². The van der Waals surface area contributed by atoms with Gasteiger partial charge in [-0.25, -0.2) is 4.79 Å². The van der Waals surface area contributed by atoms with Crippen LogP contribution in [0.2, 0.25) is 0 Å². The number of esters is 1. The van der Waals surface area contributed by atoms with Gasteiger partial charge in [-0.1, -0.05) is 28.1 Å². The Hall–Kier alpha value is -0.870. The lowest BCUT2D eigenvalue weighted by Gasteiger charge is -2.13. The smallest absolute Gasteiger partial charge is 0.339 e. The van der Waals surface area contributed by atoms with Crippen LogP contribution in [-0.4, -0.2) is 17.2 Å². The Bertz CT molecular complexity index is 332. The summed E-state index contributed by atoms with van der Waals surface area (Å²) in [6.07, 6.45) is -1.43. The van der Waals surface area contributed by atoms with Gasteiger partial charge in [0.1, 0.15) is 0 Å². The van der Waals surface area contributed by atoms with Crippen molar-refractivity contribution in [1.29, 1.82) is 0 Å². The maximum Gasteiger partial charge on any atom is 0.339 e. The van der Waals surface area contributed by atoms with E-state index in [1.165, 1.54) is 0 Å². The molecule has 0 radical (unpaired) electrons.